The van der Waals surface area contributed by atoms with Crippen molar-refractivity contribution in [3.8, 4) is 0 Å². The second kappa shape index (κ2) is 14.0. The first-order valence-corrected chi connectivity index (χ1v) is 10.7. The number of hydrogen-bond donors (Lipinski definition) is 4. The minimum Gasteiger partial charge on any atom is -0.338 e. The number of anilines is 1. The number of hydrogen-bond acceptors (Lipinski definition) is 5. The number of nitrogens with one attached hydrogen (secondary N) is 3. The van der Waals surface area contributed by atoms with E-state index in [1.165, 1.54) is 6.08 Å². The Hall–Kier alpha value is -2.03. The predicted molar refractivity (Wildman–Crippen MR) is 116 cm³/mol. The van der Waals surface area contributed by atoms with E-state index in [-0.39, 0.29) is 6.03 Å². The zero-order valence-electron chi connectivity index (χ0n) is 17.0. The van der Waals surface area contributed by atoms with Crippen LogP contribution in [-0.4, -0.2) is 54.0 Å². The van der Waals surface area contributed by atoms with Crippen LogP contribution < -0.4 is 16.1 Å². The van der Waals surface area contributed by atoms with E-state index in [0.717, 1.165) is 48.7 Å². The lowest BCUT2D eigenvalue weighted by Crippen LogP contribution is -2.29. The number of thioether (sulfide) groups is 1. The van der Waals surface area contributed by atoms with Gasteiger partial charge in [0.1, 0.15) is 0 Å². The maximum absolute atomic E-state index is 12.2. The highest BCUT2D eigenvalue weighted by molar-refractivity contribution is 7.99. The first-order valence-electron chi connectivity index (χ1n) is 9.70. The third-order valence-corrected chi connectivity index (χ3v) is 5.22. The van der Waals surface area contributed by atoms with E-state index in [1.807, 2.05) is 18.2 Å². The molecule has 0 spiro atoms. The summed E-state index contributed by atoms with van der Waals surface area (Å²) in [7, 11) is 0. The molecule has 28 heavy (non-hydrogen) atoms. The molecule has 0 radical (unpaired) electrons. The molecule has 0 bridgehead atoms. The van der Waals surface area contributed by atoms with Crippen molar-refractivity contribution in [1.29, 1.82) is 0 Å². The summed E-state index contributed by atoms with van der Waals surface area (Å²) >= 11 is 1.69. The molecule has 0 aliphatic rings. The molecule has 1 rings (SSSR count). The van der Waals surface area contributed by atoms with Gasteiger partial charge in [-0.1, -0.05) is 33.3 Å². The van der Waals surface area contributed by atoms with Crippen LogP contribution in [0.4, 0.5) is 10.5 Å². The Kier molecular flexibility index (Phi) is 12.0. The molecule has 1 aromatic rings. The van der Waals surface area contributed by atoms with Crippen LogP contribution in [0.15, 0.2) is 29.2 Å². The fraction of sp³-hybridized carbons (Fsp3) is 0.500. The number of rotatable bonds is 12. The molecule has 0 saturated heterocycles. The van der Waals surface area contributed by atoms with Crippen molar-refractivity contribution in [2.45, 2.75) is 38.5 Å². The van der Waals surface area contributed by atoms with Gasteiger partial charge in [0.2, 0.25) is 0 Å². The number of nitrogens with zero attached hydrogens (tertiary/aromatic N) is 1. The average molecular weight is 409 g/mol. The first kappa shape index (κ1) is 24.0. The Morgan fingerprint density at radius 2 is 1.96 bits per heavy atom. The van der Waals surface area contributed by atoms with E-state index in [0.29, 0.717) is 12.2 Å². The van der Waals surface area contributed by atoms with E-state index >= 15 is 0 Å². The van der Waals surface area contributed by atoms with Gasteiger partial charge in [0.05, 0.1) is 5.69 Å². The largest absolute Gasteiger partial charge is 0.338 e. The lowest BCUT2D eigenvalue weighted by atomic mass is 10.2. The van der Waals surface area contributed by atoms with Gasteiger partial charge >= 0.3 is 6.03 Å². The van der Waals surface area contributed by atoms with Crippen molar-refractivity contribution in [3.05, 3.63) is 29.8 Å². The van der Waals surface area contributed by atoms with Crippen LogP contribution in [0.1, 0.15) is 39.2 Å². The summed E-state index contributed by atoms with van der Waals surface area (Å²) in [5.41, 5.74) is 3.01. The highest BCUT2D eigenvalue weighted by Crippen LogP contribution is 2.29. The topological polar surface area (TPSA) is 93.7 Å². The number of carbonyl (C=O) groups is 2. The van der Waals surface area contributed by atoms with Crippen molar-refractivity contribution in [2.75, 3.05) is 37.2 Å². The molecule has 0 fully saturated rings. The summed E-state index contributed by atoms with van der Waals surface area (Å²) in [6.45, 7) is 9.98. The molecule has 8 heteroatoms. The van der Waals surface area contributed by atoms with Crippen LogP contribution in [-0.2, 0) is 4.79 Å². The predicted octanol–water partition coefficient (Wildman–Crippen LogP) is 3.56. The zero-order valence-corrected chi connectivity index (χ0v) is 17.8. The highest BCUT2D eigenvalue weighted by atomic mass is 32.2. The van der Waals surface area contributed by atoms with E-state index in [2.05, 4.69) is 36.3 Å². The Labute approximate surface area is 171 Å². The number of benzene rings is 1. The van der Waals surface area contributed by atoms with Gasteiger partial charge in [-0.25, -0.2) is 10.3 Å². The molecule has 4 N–H and O–H groups in total. The summed E-state index contributed by atoms with van der Waals surface area (Å²) in [4.78, 5) is 26.7. The third kappa shape index (κ3) is 9.25. The fourth-order valence-corrected chi connectivity index (χ4v) is 3.45. The normalized spacial score (nSPS) is 11.0. The fourth-order valence-electron chi connectivity index (χ4n) is 2.45. The van der Waals surface area contributed by atoms with E-state index in [9.17, 15) is 9.59 Å². The molecule has 7 nitrogen and oxygen atoms in total. The lowest BCUT2D eigenvalue weighted by Gasteiger charge is -2.18. The SMILES string of the molecule is CCCCNC(=O)Nc1cc(/C=C/C(=O)NO)ccc1SCCN(CC)CC. The molecule has 0 saturated carbocycles. The molecular formula is C20H32N4O3S. The summed E-state index contributed by atoms with van der Waals surface area (Å²) in [6.07, 6.45) is 4.75. The van der Waals surface area contributed by atoms with Crippen LogP contribution >= 0.6 is 11.8 Å². The molecule has 0 aromatic heterocycles. The van der Waals surface area contributed by atoms with Gasteiger partial charge in [0.15, 0.2) is 0 Å². The Morgan fingerprint density at radius 3 is 2.61 bits per heavy atom. The summed E-state index contributed by atoms with van der Waals surface area (Å²) in [6, 6.07) is 5.39. The molecule has 0 aliphatic carbocycles. The molecule has 156 valence electrons. The Bertz CT molecular complexity index is 648. The molecular weight excluding hydrogens is 376 g/mol. The molecule has 0 aliphatic heterocycles. The van der Waals surface area contributed by atoms with Crippen molar-refractivity contribution in [3.63, 3.8) is 0 Å². The van der Waals surface area contributed by atoms with Crippen molar-refractivity contribution in [1.82, 2.24) is 15.7 Å². The molecule has 3 amide bonds. The molecule has 0 unspecified atom stereocenters. The van der Waals surface area contributed by atoms with E-state index in [1.54, 1.807) is 23.3 Å². The van der Waals surface area contributed by atoms with Gasteiger partial charge in [-0.2, -0.15) is 0 Å². The van der Waals surface area contributed by atoms with Gasteiger partial charge in [0.25, 0.3) is 5.91 Å². The Morgan fingerprint density at radius 1 is 1.21 bits per heavy atom. The van der Waals surface area contributed by atoms with Crippen LogP contribution in [0.2, 0.25) is 0 Å². The quantitative estimate of drug-likeness (QED) is 0.139. The third-order valence-electron chi connectivity index (χ3n) is 4.16. The minimum absolute atomic E-state index is 0.242. The van der Waals surface area contributed by atoms with Crippen LogP contribution in [0.3, 0.4) is 0 Å². The first-order chi connectivity index (χ1) is 13.5. The second-order valence-corrected chi connectivity index (χ2v) is 7.31. The van der Waals surface area contributed by atoms with Gasteiger partial charge in [-0.05, 0) is 43.3 Å². The van der Waals surface area contributed by atoms with E-state index < -0.39 is 5.91 Å². The van der Waals surface area contributed by atoms with Gasteiger partial charge in [0, 0.05) is 29.8 Å². The number of carbonyl (C=O) groups excluding carboxylic acids is 2. The maximum atomic E-state index is 12.2. The number of amides is 3. The summed E-state index contributed by atoms with van der Waals surface area (Å²) < 4.78 is 0. The molecule has 1 aromatic carbocycles. The van der Waals surface area contributed by atoms with E-state index in [4.69, 9.17) is 5.21 Å². The van der Waals surface area contributed by atoms with Crippen LogP contribution in [0, 0.1) is 0 Å². The average Bonchev–Trinajstić information content (AvgIpc) is 2.70. The van der Waals surface area contributed by atoms with Crippen molar-refractivity contribution < 1.29 is 14.8 Å². The highest BCUT2D eigenvalue weighted by Gasteiger charge is 2.09. The molecule has 0 heterocycles. The number of unbranched alkanes of at least 4 members (excludes halogenated alkanes) is 1. The van der Waals surface area contributed by atoms with Crippen molar-refractivity contribution in [2.24, 2.45) is 0 Å². The number of hydroxylamine groups is 1. The summed E-state index contributed by atoms with van der Waals surface area (Å²) in [5.74, 6) is 0.306. The van der Waals surface area contributed by atoms with Crippen LogP contribution in [0.25, 0.3) is 6.08 Å². The van der Waals surface area contributed by atoms with Crippen molar-refractivity contribution >= 4 is 35.5 Å². The second-order valence-electron chi connectivity index (χ2n) is 6.17. The number of urea groups is 1. The lowest BCUT2D eigenvalue weighted by molar-refractivity contribution is -0.124. The maximum Gasteiger partial charge on any atom is 0.319 e. The van der Waals surface area contributed by atoms with Crippen LogP contribution in [0.5, 0.6) is 0 Å². The summed E-state index contributed by atoms with van der Waals surface area (Å²) in [5, 5.41) is 14.3. The molecule has 0 atom stereocenters. The monoisotopic (exact) mass is 408 g/mol. The smallest absolute Gasteiger partial charge is 0.319 e. The standard InChI is InChI=1S/C20H32N4O3S/c1-4-7-12-21-20(26)22-17-15-16(9-11-19(25)23-27)8-10-18(17)28-14-13-24(5-2)6-3/h8-11,15,27H,4-7,12-14H2,1-3H3,(H,23,25)(H2,21,22,26)/b11-9+. The minimum atomic E-state index is -0.607. The van der Waals surface area contributed by atoms with Gasteiger partial charge in [-0.15, -0.1) is 11.8 Å². The zero-order chi connectivity index (χ0) is 20.8. The van der Waals surface area contributed by atoms with Gasteiger partial charge in [-0.3, -0.25) is 10.0 Å². The van der Waals surface area contributed by atoms with Gasteiger partial charge < -0.3 is 15.5 Å². The Balaban J connectivity index is 2.87.